The largest absolute Gasteiger partial charge is 0.478 e. The first kappa shape index (κ1) is 22.8. The van der Waals surface area contributed by atoms with Crippen molar-refractivity contribution in [1.29, 1.82) is 0 Å². The summed E-state index contributed by atoms with van der Waals surface area (Å²) in [6, 6.07) is 23.2. The third-order valence-electron chi connectivity index (χ3n) is 5.62. The van der Waals surface area contributed by atoms with Crippen molar-refractivity contribution in [3.05, 3.63) is 100 Å². The molecule has 0 amide bonds. The number of carboxylic acid groups (broad SMARTS) is 1. The molecule has 0 atom stereocenters. The Morgan fingerprint density at radius 1 is 0.971 bits per heavy atom. The molecule has 0 radical (unpaired) electrons. The topological polar surface area (TPSA) is 111 Å². The molecule has 0 saturated carbocycles. The fourth-order valence-corrected chi connectivity index (χ4v) is 3.79. The van der Waals surface area contributed by atoms with E-state index in [0.29, 0.717) is 31.3 Å². The number of hydrogen-bond acceptors (Lipinski definition) is 5. The third-order valence-corrected chi connectivity index (χ3v) is 5.62. The highest BCUT2D eigenvalue weighted by atomic mass is 16.6. The number of nitrogens with zero attached hydrogens (tertiary/aromatic N) is 4. The van der Waals surface area contributed by atoms with Crippen LogP contribution in [-0.2, 0) is 6.54 Å². The number of carbonyl (C=O) groups is 1. The second-order valence-electron chi connectivity index (χ2n) is 7.88. The number of aliphatic imine (C=N–C) groups is 1. The molecule has 0 bridgehead atoms. The predicted octanol–water partition coefficient (Wildman–Crippen LogP) is 4.08. The van der Waals surface area contributed by atoms with Crippen LogP contribution < -0.4 is 10.2 Å². The second kappa shape index (κ2) is 10.5. The summed E-state index contributed by atoms with van der Waals surface area (Å²) in [6.07, 6.45) is 0. The van der Waals surface area contributed by atoms with Crippen LogP contribution in [0.1, 0.15) is 15.9 Å². The van der Waals surface area contributed by atoms with Crippen LogP contribution in [0.4, 0.5) is 17.1 Å². The van der Waals surface area contributed by atoms with Gasteiger partial charge in [-0.05, 0) is 35.9 Å². The molecule has 0 aromatic heterocycles. The van der Waals surface area contributed by atoms with Gasteiger partial charge in [-0.25, -0.2) is 9.79 Å². The zero-order valence-electron chi connectivity index (χ0n) is 18.5. The number of hydrogen-bond donors (Lipinski definition) is 2. The summed E-state index contributed by atoms with van der Waals surface area (Å²) >= 11 is 0. The molecule has 1 heterocycles. The Hall–Kier alpha value is -4.40. The molecule has 3 aromatic carbocycles. The molecule has 1 aliphatic rings. The number of anilines is 2. The molecular weight excluding hydrogens is 434 g/mol. The zero-order valence-corrected chi connectivity index (χ0v) is 18.5. The van der Waals surface area contributed by atoms with Gasteiger partial charge in [-0.2, -0.15) is 0 Å². The molecule has 9 heteroatoms. The van der Waals surface area contributed by atoms with Gasteiger partial charge in [-0.3, -0.25) is 10.1 Å². The molecule has 9 nitrogen and oxygen atoms in total. The van der Waals surface area contributed by atoms with Crippen molar-refractivity contribution in [3.63, 3.8) is 0 Å². The molecule has 0 spiro atoms. The minimum atomic E-state index is -0.983. The highest BCUT2D eigenvalue weighted by molar-refractivity contribution is 5.96. The summed E-state index contributed by atoms with van der Waals surface area (Å²) in [6.45, 7) is 3.31. The van der Waals surface area contributed by atoms with Crippen LogP contribution >= 0.6 is 0 Å². The summed E-state index contributed by atoms with van der Waals surface area (Å²) in [4.78, 5) is 31.0. The number of non-ortho nitro benzene ring substituents is 1. The number of guanidine groups is 1. The Morgan fingerprint density at radius 2 is 1.68 bits per heavy atom. The highest BCUT2D eigenvalue weighted by Gasteiger charge is 2.21. The zero-order chi connectivity index (χ0) is 23.9. The van der Waals surface area contributed by atoms with E-state index in [9.17, 15) is 20.0 Å². The number of aromatic carboxylic acids is 1. The van der Waals surface area contributed by atoms with Gasteiger partial charge in [0, 0.05) is 49.7 Å². The molecule has 3 aromatic rings. The summed E-state index contributed by atoms with van der Waals surface area (Å²) in [5, 5.41) is 23.5. The van der Waals surface area contributed by atoms with E-state index in [1.807, 2.05) is 36.4 Å². The first-order chi connectivity index (χ1) is 16.5. The van der Waals surface area contributed by atoms with Crippen LogP contribution in [-0.4, -0.2) is 53.0 Å². The number of nitro groups is 1. The van der Waals surface area contributed by atoms with Crippen LogP contribution in [0.2, 0.25) is 0 Å². The number of nitro benzene ring substituents is 1. The van der Waals surface area contributed by atoms with Gasteiger partial charge in [0.05, 0.1) is 17.0 Å². The normalized spacial score (nSPS) is 14.1. The van der Waals surface area contributed by atoms with Crippen LogP contribution in [0, 0.1) is 10.1 Å². The standard InChI is InChI=1S/C25H25N5O4/c31-24(32)20-7-4-8-21(17-20)27-25(26-18-19-5-2-1-3-6-19)29-15-13-28(14-16-29)22-9-11-23(12-10-22)30(33)34/h1-12,17H,13-16,18H2,(H,26,27)(H,31,32). The molecular formula is C25H25N5O4. The van der Waals surface area contributed by atoms with Gasteiger partial charge in [0.15, 0.2) is 5.96 Å². The highest BCUT2D eigenvalue weighted by Crippen LogP contribution is 2.21. The summed E-state index contributed by atoms with van der Waals surface area (Å²) in [5.41, 5.74) is 2.95. The molecule has 0 unspecified atom stereocenters. The van der Waals surface area contributed by atoms with E-state index in [0.717, 1.165) is 24.3 Å². The van der Waals surface area contributed by atoms with Gasteiger partial charge >= 0.3 is 5.97 Å². The first-order valence-electron chi connectivity index (χ1n) is 10.9. The Morgan fingerprint density at radius 3 is 2.32 bits per heavy atom. The van der Waals surface area contributed by atoms with E-state index in [4.69, 9.17) is 4.99 Å². The minimum Gasteiger partial charge on any atom is -0.478 e. The number of nitrogens with one attached hydrogen (secondary N) is 1. The average molecular weight is 460 g/mol. The lowest BCUT2D eigenvalue weighted by atomic mass is 10.2. The van der Waals surface area contributed by atoms with Crippen molar-refractivity contribution in [2.45, 2.75) is 6.54 Å². The van der Waals surface area contributed by atoms with E-state index in [1.54, 1.807) is 30.3 Å². The minimum absolute atomic E-state index is 0.0745. The van der Waals surface area contributed by atoms with Gasteiger partial charge < -0.3 is 20.2 Å². The Labute approximate surface area is 197 Å². The van der Waals surface area contributed by atoms with E-state index in [-0.39, 0.29) is 11.3 Å². The van der Waals surface area contributed by atoms with Crippen molar-refractivity contribution < 1.29 is 14.8 Å². The lowest BCUT2D eigenvalue weighted by molar-refractivity contribution is -0.384. The Bertz CT molecular complexity index is 1170. The van der Waals surface area contributed by atoms with Crippen LogP contribution in [0.5, 0.6) is 0 Å². The lowest BCUT2D eigenvalue weighted by Gasteiger charge is -2.37. The maximum atomic E-state index is 11.4. The SMILES string of the molecule is O=C(O)c1cccc(NC(=NCc2ccccc2)N2CCN(c3ccc([N+](=O)[O-])cc3)CC2)c1. The lowest BCUT2D eigenvalue weighted by Crippen LogP contribution is -2.50. The van der Waals surface area contributed by atoms with Gasteiger partial charge in [0.2, 0.25) is 0 Å². The molecule has 1 fully saturated rings. The van der Waals surface area contributed by atoms with Gasteiger partial charge in [0.25, 0.3) is 5.69 Å². The van der Waals surface area contributed by atoms with Crippen LogP contribution in [0.25, 0.3) is 0 Å². The van der Waals surface area contributed by atoms with E-state index >= 15 is 0 Å². The molecule has 1 aliphatic heterocycles. The maximum Gasteiger partial charge on any atom is 0.335 e. The maximum absolute atomic E-state index is 11.4. The predicted molar refractivity (Wildman–Crippen MR) is 131 cm³/mol. The summed E-state index contributed by atoms with van der Waals surface area (Å²) in [5.74, 6) is -0.308. The fourth-order valence-electron chi connectivity index (χ4n) is 3.79. The Kier molecular flexibility index (Phi) is 7.02. The smallest absolute Gasteiger partial charge is 0.335 e. The summed E-state index contributed by atoms with van der Waals surface area (Å²) < 4.78 is 0. The van der Waals surface area contributed by atoms with Crippen molar-refractivity contribution >= 4 is 29.0 Å². The monoisotopic (exact) mass is 459 g/mol. The molecule has 2 N–H and O–H groups in total. The van der Waals surface area contributed by atoms with Crippen molar-refractivity contribution in [1.82, 2.24) is 4.90 Å². The van der Waals surface area contributed by atoms with E-state index in [2.05, 4.69) is 15.1 Å². The number of carboxylic acids is 1. The van der Waals surface area contributed by atoms with Gasteiger partial charge in [-0.15, -0.1) is 0 Å². The molecule has 4 rings (SSSR count). The third kappa shape index (κ3) is 5.69. The van der Waals surface area contributed by atoms with E-state index in [1.165, 1.54) is 12.1 Å². The Balaban J connectivity index is 1.49. The van der Waals surface area contributed by atoms with E-state index < -0.39 is 10.9 Å². The molecule has 1 saturated heterocycles. The number of benzene rings is 3. The molecule has 0 aliphatic carbocycles. The fraction of sp³-hybridized carbons (Fsp3) is 0.200. The second-order valence-corrected chi connectivity index (χ2v) is 7.88. The average Bonchev–Trinajstić information content (AvgIpc) is 2.87. The first-order valence-corrected chi connectivity index (χ1v) is 10.9. The molecule has 174 valence electrons. The number of piperazine rings is 1. The molecule has 34 heavy (non-hydrogen) atoms. The quantitative estimate of drug-likeness (QED) is 0.247. The van der Waals surface area contributed by atoms with Crippen molar-refractivity contribution in [2.24, 2.45) is 4.99 Å². The summed E-state index contributed by atoms with van der Waals surface area (Å²) in [7, 11) is 0. The van der Waals surface area contributed by atoms with Crippen molar-refractivity contribution in [3.8, 4) is 0 Å². The van der Waals surface area contributed by atoms with Crippen molar-refractivity contribution in [2.75, 3.05) is 36.4 Å². The number of rotatable bonds is 6. The van der Waals surface area contributed by atoms with Gasteiger partial charge in [0.1, 0.15) is 0 Å². The van der Waals surface area contributed by atoms with Gasteiger partial charge in [-0.1, -0.05) is 36.4 Å². The van der Waals surface area contributed by atoms with Crippen LogP contribution in [0.3, 0.4) is 0 Å². The van der Waals surface area contributed by atoms with Crippen LogP contribution in [0.15, 0.2) is 83.9 Å².